The van der Waals surface area contributed by atoms with E-state index in [9.17, 15) is 9.59 Å². The number of amides is 2. The third-order valence-corrected chi connectivity index (χ3v) is 3.89. The second kappa shape index (κ2) is 8.47. The molecule has 0 saturated carbocycles. The third-order valence-electron chi connectivity index (χ3n) is 2.93. The first-order valence-electron chi connectivity index (χ1n) is 6.33. The number of thioether (sulfide) groups is 1. The summed E-state index contributed by atoms with van der Waals surface area (Å²) in [7, 11) is 0. The summed E-state index contributed by atoms with van der Waals surface area (Å²) in [6.07, 6.45) is 2.54. The number of carbonyl (C=O) groups is 2. The van der Waals surface area contributed by atoms with E-state index in [0.717, 1.165) is 5.75 Å². The molecule has 1 aromatic rings. The van der Waals surface area contributed by atoms with E-state index < -0.39 is 6.04 Å². The minimum absolute atomic E-state index is 0. The van der Waals surface area contributed by atoms with E-state index in [1.807, 2.05) is 6.26 Å². The van der Waals surface area contributed by atoms with Crippen LogP contribution in [-0.2, 0) is 9.59 Å². The Morgan fingerprint density at radius 1 is 1.59 bits per heavy atom. The molecule has 1 atom stereocenters. The first-order valence-corrected chi connectivity index (χ1v) is 8.10. The van der Waals surface area contributed by atoms with Crippen LogP contribution in [-0.4, -0.2) is 36.5 Å². The summed E-state index contributed by atoms with van der Waals surface area (Å²) in [5, 5.41) is 5.64. The van der Waals surface area contributed by atoms with Crippen molar-refractivity contribution in [3.63, 3.8) is 0 Å². The van der Waals surface area contributed by atoms with Crippen LogP contribution >= 0.6 is 35.8 Å². The van der Waals surface area contributed by atoms with Crippen LogP contribution in [0.1, 0.15) is 6.42 Å². The minimum atomic E-state index is -0.592. The van der Waals surface area contributed by atoms with Gasteiger partial charge in [0.05, 0.1) is 22.4 Å². The lowest BCUT2D eigenvalue weighted by Crippen LogP contribution is -2.36. The minimum Gasteiger partial charge on any atom is -0.482 e. The lowest BCUT2D eigenvalue weighted by Gasteiger charge is -2.20. The van der Waals surface area contributed by atoms with Crippen LogP contribution in [0, 0.1) is 0 Å². The van der Waals surface area contributed by atoms with Gasteiger partial charge in [-0.1, -0.05) is 11.6 Å². The number of halogens is 2. The van der Waals surface area contributed by atoms with Gasteiger partial charge in [0, 0.05) is 6.07 Å². The summed E-state index contributed by atoms with van der Waals surface area (Å²) < 4.78 is 5.28. The van der Waals surface area contributed by atoms with Crippen molar-refractivity contribution in [2.75, 3.05) is 29.2 Å². The van der Waals surface area contributed by atoms with E-state index in [-0.39, 0.29) is 30.8 Å². The van der Waals surface area contributed by atoms with E-state index in [2.05, 4.69) is 10.6 Å². The lowest BCUT2D eigenvalue weighted by atomic mass is 10.2. The highest BCUT2D eigenvalue weighted by Gasteiger charge is 2.20. The standard InChI is InChI=1S/C13H16ClN3O3S.ClH/c1-21-3-2-8(15)13(19)17-9-5-11-10(4-7(9)14)16-12(18)6-20-11;/h4-5,8H,2-3,6,15H2,1H3,(H,16,18)(H,17,19);1H/t8-;/m0./s1. The summed E-state index contributed by atoms with van der Waals surface area (Å²) in [5.41, 5.74) is 6.70. The van der Waals surface area contributed by atoms with Crippen molar-refractivity contribution in [2.45, 2.75) is 12.5 Å². The maximum Gasteiger partial charge on any atom is 0.262 e. The van der Waals surface area contributed by atoms with Crippen LogP contribution in [0.4, 0.5) is 11.4 Å². The molecular weight excluding hydrogens is 349 g/mol. The monoisotopic (exact) mass is 365 g/mol. The second-order valence-corrected chi connectivity index (χ2v) is 5.94. The number of hydrogen-bond acceptors (Lipinski definition) is 5. The molecule has 122 valence electrons. The Kier molecular flexibility index (Phi) is 7.28. The van der Waals surface area contributed by atoms with E-state index >= 15 is 0 Å². The number of fused-ring (bicyclic) bond motifs is 1. The molecule has 2 rings (SSSR count). The molecule has 1 aromatic carbocycles. The first-order chi connectivity index (χ1) is 10.0. The fourth-order valence-corrected chi connectivity index (χ4v) is 2.50. The van der Waals surface area contributed by atoms with Crippen molar-refractivity contribution < 1.29 is 14.3 Å². The van der Waals surface area contributed by atoms with Crippen molar-refractivity contribution in [2.24, 2.45) is 5.73 Å². The Bertz CT molecular complexity index is 572. The smallest absolute Gasteiger partial charge is 0.262 e. The Morgan fingerprint density at radius 3 is 3.00 bits per heavy atom. The van der Waals surface area contributed by atoms with E-state index in [4.69, 9.17) is 22.1 Å². The molecule has 6 nitrogen and oxygen atoms in total. The second-order valence-electron chi connectivity index (χ2n) is 4.54. The van der Waals surface area contributed by atoms with Crippen LogP contribution in [0.2, 0.25) is 5.02 Å². The topological polar surface area (TPSA) is 93.5 Å². The average molecular weight is 366 g/mol. The average Bonchev–Trinajstić information content (AvgIpc) is 2.45. The van der Waals surface area contributed by atoms with Gasteiger partial charge in [0.15, 0.2) is 6.61 Å². The third kappa shape index (κ3) is 4.67. The van der Waals surface area contributed by atoms with Crippen molar-refractivity contribution in [3.8, 4) is 5.75 Å². The molecule has 1 heterocycles. The van der Waals surface area contributed by atoms with Gasteiger partial charge in [-0.3, -0.25) is 9.59 Å². The number of nitrogens with one attached hydrogen (secondary N) is 2. The SMILES string of the molecule is CSCC[C@H](N)C(=O)Nc1cc2c(cc1Cl)NC(=O)CO2.Cl. The van der Waals surface area contributed by atoms with Crippen LogP contribution in [0.3, 0.4) is 0 Å². The molecule has 0 aliphatic carbocycles. The zero-order valence-corrected chi connectivity index (χ0v) is 14.2. The summed E-state index contributed by atoms with van der Waals surface area (Å²) >= 11 is 7.72. The first kappa shape index (κ1) is 18.9. The highest BCUT2D eigenvalue weighted by atomic mass is 35.5. The van der Waals surface area contributed by atoms with Crippen LogP contribution in [0.25, 0.3) is 0 Å². The molecule has 0 fully saturated rings. The number of benzene rings is 1. The van der Waals surface area contributed by atoms with E-state index in [1.54, 1.807) is 17.8 Å². The fraction of sp³-hybridized carbons (Fsp3) is 0.385. The van der Waals surface area contributed by atoms with Crippen LogP contribution in [0.5, 0.6) is 5.75 Å². The maximum absolute atomic E-state index is 12.0. The summed E-state index contributed by atoms with van der Waals surface area (Å²) in [6.45, 7) is -0.0603. The molecule has 0 unspecified atom stereocenters. The number of carbonyl (C=O) groups excluding carboxylic acids is 2. The molecule has 1 aliphatic heterocycles. The zero-order chi connectivity index (χ0) is 15.4. The molecule has 4 N–H and O–H groups in total. The van der Waals surface area contributed by atoms with Crippen molar-refractivity contribution in [1.82, 2.24) is 0 Å². The number of hydrogen-bond donors (Lipinski definition) is 3. The van der Waals surface area contributed by atoms with Gasteiger partial charge in [-0.05, 0) is 24.5 Å². The summed E-state index contributed by atoms with van der Waals surface area (Å²) in [5.74, 6) is 0.730. The molecule has 1 aliphatic rings. The summed E-state index contributed by atoms with van der Waals surface area (Å²) in [4.78, 5) is 23.2. The highest BCUT2D eigenvalue weighted by molar-refractivity contribution is 7.98. The largest absolute Gasteiger partial charge is 0.482 e. The molecule has 0 aromatic heterocycles. The molecule has 0 saturated heterocycles. The summed E-state index contributed by atoms with van der Waals surface area (Å²) in [6, 6.07) is 2.53. The number of anilines is 2. The predicted molar refractivity (Wildman–Crippen MR) is 92.4 cm³/mol. The Morgan fingerprint density at radius 2 is 2.32 bits per heavy atom. The van der Waals surface area contributed by atoms with Crippen LogP contribution < -0.4 is 21.1 Å². The Labute approximate surface area is 143 Å². The maximum atomic E-state index is 12.0. The molecule has 22 heavy (non-hydrogen) atoms. The fourth-order valence-electron chi connectivity index (χ4n) is 1.80. The molecule has 9 heteroatoms. The van der Waals surface area contributed by atoms with Crippen molar-refractivity contribution >= 4 is 59.0 Å². The quantitative estimate of drug-likeness (QED) is 0.742. The van der Waals surface area contributed by atoms with E-state index in [0.29, 0.717) is 28.6 Å². The molecule has 0 bridgehead atoms. The van der Waals surface area contributed by atoms with Gasteiger partial charge < -0.3 is 21.1 Å². The van der Waals surface area contributed by atoms with Gasteiger partial charge in [-0.2, -0.15) is 11.8 Å². The Balaban J connectivity index is 0.00000242. The van der Waals surface area contributed by atoms with Gasteiger partial charge in [0.2, 0.25) is 5.91 Å². The molecule has 0 spiro atoms. The van der Waals surface area contributed by atoms with E-state index in [1.165, 1.54) is 6.07 Å². The zero-order valence-electron chi connectivity index (χ0n) is 11.8. The van der Waals surface area contributed by atoms with Gasteiger partial charge in [0.25, 0.3) is 5.91 Å². The molecule has 0 radical (unpaired) electrons. The van der Waals surface area contributed by atoms with Crippen molar-refractivity contribution in [1.29, 1.82) is 0 Å². The van der Waals surface area contributed by atoms with Gasteiger partial charge in [-0.15, -0.1) is 12.4 Å². The van der Waals surface area contributed by atoms with Gasteiger partial charge in [0.1, 0.15) is 5.75 Å². The number of rotatable bonds is 5. The predicted octanol–water partition coefficient (Wildman–Crippen LogP) is 2.11. The van der Waals surface area contributed by atoms with Gasteiger partial charge >= 0.3 is 0 Å². The Hall–Kier alpha value is -1.15. The highest BCUT2D eigenvalue weighted by Crippen LogP contribution is 2.36. The van der Waals surface area contributed by atoms with Crippen molar-refractivity contribution in [3.05, 3.63) is 17.2 Å². The molecule has 2 amide bonds. The van der Waals surface area contributed by atoms with Crippen LogP contribution in [0.15, 0.2) is 12.1 Å². The molecular formula is C13H17Cl2N3O3S. The normalized spacial score (nSPS) is 14.0. The number of ether oxygens (including phenoxy) is 1. The lowest BCUT2D eigenvalue weighted by molar-refractivity contribution is -0.119. The van der Waals surface area contributed by atoms with Gasteiger partial charge in [-0.25, -0.2) is 0 Å². The number of nitrogens with two attached hydrogens (primary N) is 1.